The van der Waals surface area contributed by atoms with Crippen molar-refractivity contribution in [1.29, 1.82) is 0 Å². The first kappa shape index (κ1) is 8.63. The van der Waals surface area contributed by atoms with E-state index in [1.165, 1.54) is 0 Å². The van der Waals surface area contributed by atoms with Gasteiger partial charge in [0.1, 0.15) is 0 Å². The predicted molar refractivity (Wildman–Crippen MR) is 49.5 cm³/mol. The summed E-state index contributed by atoms with van der Waals surface area (Å²) in [5, 5.41) is 1.55. The van der Waals surface area contributed by atoms with Crippen molar-refractivity contribution in [3.05, 3.63) is 20.6 Å². The zero-order valence-electron chi connectivity index (χ0n) is 5.50. The van der Waals surface area contributed by atoms with Crippen LogP contribution >= 0.6 is 39.1 Å². The predicted octanol–water partition coefficient (Wildman–Crippen LogP) is 3.99. The van der Waals surface area contributed by atoms with Crippen LogP contribution in [0.25, 0.3) is 0 Å². The van der Waals surface area contributed by atoms with Gasteiger partial charge in [-0.05, 0) is 28.3 Å². The summed E-state index contributed by atoms with van der Waals surface area (Å²) in [7, 11) is 0. The Morgan fingerprint density at radius 3 is 2.70 bits per heavy atom. The first-order valence-corrected chi connectivity index (χ1v) is 4.58. The number of hydrogen-bond acceptors (Lipinski definition) is 0. The van der Waals surface area contributed by atoms with Crippen LogP contribution in [0, 0.1) is 5.92 Å². The van der Waals surface area contributed by atoms with E-state index in [4.69, 9.17) is 23.2 Å². The van der Waals surface area contributed by atoms with E-state index in [9.17, 15) is 0 Å². The highest BCUT2D eigenvalue weighted by molar-refractivity contribution is 9.12. The Morgan fingerprint density at radius 2 is 2.20 bits per heavy atom. The molecule has 1 aliphatic rings. The van der Waals surface area contributed by atoms with Gasteiger partial charge in [-0.3, -0.25) is 0 Å². The van der Waals surface area contributed by atoms with Crippen molar-refractivity contribution in [2.45, 2.75) is 13.3 Å². The monoisotopic (exact) mass is 240 g/mol. The van der Waals surface area contributed by atoms with Gasteiger partial charge in [0.25, 0.3) is 0 Å². The van der Waals surface area contributed by atoms with Crippen LogP contribution in [-0.4, -0.2) is 0 Å². The van der Waals surface area contributed by atoms with Gasteiger partial charge in [-0.1, -0.05) is 36.2 Å². The highest BCUT2D eigenvalue weighted by Gasteiger charge is 2.14. The molecule has 0 bridgehead atoms. The minimum absolute atomic E-state index is 0.460. The summed E-state index contributed by atoms with van der Waals surface area (Å²) in [4.78, 5) is 0. The van der Waals surface area contributed by atoms with E-state index in [2.05, 4.69) is 22.9 Å². The highest BCUT2D eigenvalue weighted by atomic mass is 79.9. The molecule has 0 radical (unpaired) electrons. The Balaban J connectivity index is 2.90. The van der Waals surface area contributed by atoms with Crippen molar-refractivity contribution >= 4 is 39.1 Å². The van der Waals surface area contributed by atoms with E-state index in [0.29, 0.717) is 5.92 Å². The molecule has 0 nitrogen and oxygen atoms in total. The summed E-state index contributed by atoms with van der Waals surface area (Å²) < 4.78 is 0.842. The van der Waals surface area contributed by atoms with E-state index in [1.54, 1.807) is 0 Å². The van der Waals surface area contributed by atoms with Gasteiger partial charge < -0.3 is 0 Å². The van der Waals surface area contributed by atoms with E-state index in [0.717, 1.165) is 21.0 Å². The van der Waals surface area contributed by atoms with Crippen LogP contribution in [0.15, 0.2) is 20.6 Å². The van der Waals surface area contributed by atoms with E-state index >= 15 is 0 Å². The Hall–Kier alpha value is 0.540. The van der Waals surface area contributed by atoms with Gasteiger partial charge in [-0.25, -0.2) is 0 Å². The molecule has 0 amide bonds. The summed E-state index contributed by atoms with van der Waals surface area (Å²) in [6.45, 7) is 2.09. The third-order valence-electron chi connectivity index (χ3n) is 1.38. The number of rotatable bonds is 0. The van der Waals surface area contributed by atoms with Crippen LogP contribution in [0.2, 0.25) is 0 Å². The summed E-state index contributed by atoms with van der Waals surface area (Å²) in [6.07, 6.45) is 2.88. The van der Waals surface area contributed by atoms with Gasteiger partial charge in [-0.15, -0.1) is 0 Å². The first-order valence-electron chi connectivity index (χ1n) is 3.03. The summed E-state index contributed by atoms with van der Waals surface area (Å²) in [5.74, 6) is 0.460. The minimum Gasteiger partial charge on any atom is -0.0878 e. The molecule has 0 aliphatic heterocycles. The molecule has 0 aromatic rings. The van der Waals surface area contributed by atoms with Crippen LogP contribution < -0.4 is 0 Å². The molecule has 0 N–H and O–H groups in total. The van der Waals surface area contributed by atoms with Gasteiger partial charge >= 0.3 is 0 Å². The molecule has 0 unspecified atom stereocenters. The molecular formula is C7H7BrCl2. The van der Waals surface area contributed by atoms with Crippen LogP contribution in [0.4, 0.5) is 0 Å². The fourth-order valence-electron chi connectivity index (χ4n) is 0.884. The van der Waals surface area contributed by atoms with E-state index in [1.807, 2.05) is 6.08 Å². The smallest absolute Gasteiger partial charge is 0.0522 e. The lowest BCUT2D eigenvalue weighted by molar-refractivity contribution is 0.725. The Morgan fingerprint density at radius 1 is 1.60 bits per heavy atom. The fraction of sp³-hybridized carbons (Fsp3) is 0.429. The maximum atomic E-state index is 5.86. The lowest BCUT2D eigenvalue weighted by Gasteiger charge is -2.14. The molecule has 0 fully saturated rings. The molecule has 3 heteroatoms. The van der Waals surface area contributed by atoms with E-state index < -0.39 is 0 Å². The van der Waals surface area contributed by atoms with Gasteiger partial charge in [0.05, 0.1) is 9.51 Å². The quantitative estimate of drug-likeness (QED) is 0.602. The number of halogens is 3. The first-order chi connectivity index (χ1) is 4.61. The van der Waals surface area contributed by atoms with Gasteiger partial charge in [0.15, 0.2) is 0 Å². The second kappa shape index (κ2) is 3.29. The van der Waals surface area contributed by atoms with Crippen LogP contribution in [0.3, 0.4) is 0 Å². The van der Waals surface area contributed by atoms with Crippen molar-refractivity contribution < 1.29 is 0 Å². The Kier molecular flexibility index (Phi) is 2.84. The number of hydrogen-bond donors (Lipinski definition) is 0. The molecule has 0 heterocycles. The fourth-order valence-corrected chi connectivity index (χ4v) is 1.90. The molecule has 56 valence electrons. The van der Waals surface area contributed by atoms with Crippen molar-refractivity contribution in [2.75, 3.05) is 0 Å². The molecule has 10 heavy (non-hydrogen) atoms. The molecule has 0 aromatic carbocycles. The standard InChI is InChI=1S/C7H7BrCl2/c1-4-2-5(9)7(8)6(10)3-4/h2,4H,3H2,1H3/t4-/m1/s1. The van der Waals surface area contributed by atoms with Crippen molar-refractivity contribution in [1.82, 2.24) is 0 Å². The third-order valence-corrected chi connectivity index (χ3v) is 3.40. The zero-order valence-corrected chi connectivity index (χ0v) is 8.59. The van der Waals surface area contributed by atoms with Crippen molar-refractivity contribution in [3.8, 4) is 0 Å². The normalized spacial score (nSPS) is 26.8. The number of allylic oxidation sites excluding steroid dienone is 4. The lowest BCUT2D eigenvalue weighted by atomic mass is 10.0. The molecule has 0 spiro atoms. The average Bonchev–Trinajstić information content (AvgIpc) is 1.82. The van der Waals surface area contributed by atoms with E-state index in [-0.39, 0.29) is 0 Å². The second-order valence-corrected chi connectivity index (χ2v) is 4.07. The average molecular weight is 242 g/mol. The van der Waals surface area contributed by atoms with Gasteiger partial charge in [-0.2, -0.15) is 0 Å². The maximum absolute atomic E-state index is 5.86. The topological polar surface area (TPSA) is 0 Å². The summed E-state index contributed by atoms with van der Waals surface area (Å²) >= 11 is 15.0. The molecule has 1 atom stereocenters. The lowest BCUT2D eigenvalue weighted by Crippen LogP contribution is -1.97. The molecular weight excluding hydrogens is 235 g/mol. The van der Waals surface area contributed by atoms with Crippen molar-refractivity contribution in [2.24, 2.45) is 5.92 Å². The maximum Gasteiger partial charge on any atom is 0.0522 e. The molecule has 0 aromatic heterocycles. The van der Waals surface area contributed by atoms with Gasteiger partial charge in [0.2, 0.25) is 0 Å². The summed E-state index contributed by atoms with van der Waals surface area (Å²) in [5.41, 5.74) is 0. The van der Waals surface area contributed by atoms with Crippen LogP contribution in [0.1, 0.15) is 13.3 Å². The second-order valence-electron chi connectivity index (χ2n) is 2.41. The minimum atomic E-state index is 0.460. The van der Waals surface area contributed by atoms with Gasteiger partial charge in [0, 0.05) is 5.03 Å². The third kappa shape index (κ3) is 1.77. The van der Waals surface area contributed by atoms with Crippen LogP contribution in [-0.2, 0) is 0 Å². The summed E-state index contributed by atoms with van der Waals surface area (Å²) in [6, 6.07) is 0. The Bertz CT molecular complexity index is 206. The molecule has 0 saturated carbocycles. The molecule has 0 saturated heterocycles. The van der Waals surface area contributed by atoms with Crippen molar-refractivity contribution in [3.63, 3.8) is 0 Å². The zero-order chi connectivity index (χ0) is 7.72. The largest absolute Gasteiger partial charge is 0.0878 e. The van der Waals surface area contributed by atoms with Crippen LogP contribution in [0.5, 0.6) is 0 Å². The molecule has 1 aliphatic carbocycles. The Labute approximate surface area is 79.0 Å². The SMILES string of the molecule is C[C@@H]1C=C(Cl)C(Br)=C(Cl)C1. The molecule has 1 rings (SSSR count). The highest BCUT2D eigenvalue weighted by Crippen LogP contribution is 2.36.